The summed E-state index contributed by atoms with van der Waals surface area (Å²) in [4.78, 5) is 12.7. The van der Waals surface area contributed by atoms with E-state index in [-0.39, 0.29) is 17.5 Å². The van der Waals surface area contributed by atoms with E-state index in [1.54, 1.807) is 12.1 Å². The molecule has 0 bridgehead atoms. The number of halogens is 3. The molecule has 3 aromatic rings. The number of hydrogen-bond acceptors (Lipinski definition) is 6. The smallest absolute Gasteiger partial charge is 0.390 e. The fourth-order valence-corrected chi connectivity index (χ4v) is 4.92. The number of aliphatic hydroxyl groups is 1. The maximum atomic E-state index is 13.3. The van der Waals surface area contributed by atoms with Gasteiger partial charge >= 0.3 is 6.18 Å². The average Bonchev–Trinajstić information content (AvgIpc) is 2.83. The third kappa shape index (κ3) is 4.71. The number of nitrogens with one attached hydrogen (secondary N) is 1. The summed E-state index contributed by atoms with van der Waals surface area (Å²) in [6, 6.07) is 15.4. The molecule has 1 aromatic heterocycles. The molecule has 1 fully saturated rings. The van der Waals surface area contributed by atoms with Crippen LogP contribution in [0.4, 0.5) is 30.5 Å². The zero-order chi connectivity index (χ0) is 23.7. The molecule has 1 saturated heterocycles. The Balaban J connectivity index is 1.27. The number of β-amino-alcohol motifs (C(OH)–C–C–N with tert-alkyl or cyclic N) is 1. The van der Waals surface area contributed by atoms with Crippen LogP contribution in [-0.4, -0.2) is 51.8 Å². The number of rotatable bonds is 4. The second kappa shape index (κ2) is 9.23. The molecule has 6 nitrogen and oxygen atoms in total. The summed E-state index contributed by atoms with van der Waals surface area (Å²) in [6.45, 7) is 2.84. The number of aliphatic hydroxyl groups excluding tert-OH is 1. The fourth-order valence-electron chi connectivity index (χ4n) is 4.92. The van der Waals surface area contributed by atoms with Crippen molar-refractivity contribution in [1.82, 2.24) is 14.9 Å². The van der Waals surface area contributed by atoms with Crippen LogP contribution in [0.5, 0.6) is 0 Å². The summed E-state index contributed by atoms with van der Waals surface area (Å²) in [5.41, 5.74) is 1.87. The highest BCUT2D eigenvalue weighted by Crippen LogP contribution is 2.36. The van der Waals surface area contributed by atoms with Crippen molar-refractivity contribution in [1.29, 1.82) is 0 Å². The van der Waals surface area contributed by atoms with Crippen LogP contribution in [-0.2, 0) is 19.1 Å². The molecule has 2 atom stereocenters. The minimum Gasteiger partial charge on any atom is -0.390 e. The van der Waals surface area contributed by atoms with E-state index in [1.165, 1.54) is 29.6 Å². The second-order valence-corrected chi connectivity index (χ2v) is 8.79. The van der Waals surface area contributed by atoms with Gasteiger partial charge in [-0.3, -0.25) is 4.90 Å². The third-order valence-electron chi connectivity index (χ3n) is 6.65. The first-order valence-electron chi connectivity index (χ1n) is 11.4. The van der Waals surface area contributed by atoms with Crippen molar-refractivity contribution in [2.24, 2.45) is 0 Å². The number of benzene rings is 2. The van der Waals surface area contributed by atoms with Gasteiger partial charge in [0.05, 0.1) is 17.4 Å². The molecule has 2 aliphatic rings. The van der Waals surface area contributed by atoms with E-state index in [4.69, 9.17) is 0 Å². The monoisotopic (exact) mass is 469 g/mol. The Morgan fingerprint density at radius 3 is 2.53 bits per heavy atom. The van der Waals surface area contributed by atoms with Crippen LogP contribution < -0.4 is 10.2 Å². The average molecular weight is 470 g/mol. The van der Waals surface area contributed by atoms with E-state index >= 15 is 0 Å². The van der Waals surface area contributed by atoms with Crippen LogP contribution >= 0.6 is 0 Å². The standard InChI is InChI=1S/C25H26F3N5O/c26-25(27,28)19-7-3-4-8-20(19)31-23-13-24(30-16-29-23)33-12-10-21(22(34)15-33)32-11-9-17-5-1-2-6-18(17)14-32/h1-8,13,16,21-22,34H,9-12,14-15H2,(H,29,30,31)/t21?,22-/m0/s1. The molecule has 2 aromatic carbocycles. The van der Waals surface area contributed by atoms with Crippen LogP contribution in [0.25, 0.3) is 0 Å². The summed E-state index contributed by atoms with van der Waals surface area (Å²) in [6.07, 6.45) is -1.96. The van der Waals surface area contributed by atoms with E-state index in [9.17, 15) is 18.3 Å². The van der Waals surface area contributed by atoms with E-state index in [0.717, 1.165) is 32.0 Å². The molecule has 178 valence electrons. The fraction of sp³-hybridized carbons (Fsp3) is 0.360. The number of alkyl halides is 3. The molecule has 9 heteroatoms. The molecule has 5 rings (SSSR count). The molecule has 0 saturated carbocycles. The van der Waals surface area contributed by atoms with E-state index in [1.807, 2.05) is 4.90 Å². The van der Waals surface area contributed by atoms with Crippen LogP contribution in [0.15, 0.2) is 60.9 Å². The molecular weight excluding hydrogens is 443 g/mol. The Kier molecular flexibility index (Phi) is 6.14. The summed E-state index contributed by atoms with van der Waals surface area (Å²) < 4.78 is 40.0. The number of anilines is 3. The van der Waals surface area contributed by atoms with Crippen molar-refractivity contribution in [3.63, 3.8) is 0 Å². The molecular formula is C25H26F3N5O. The van der Waals surface area contributed by atoms with Crippen molar-refractivity contribution in [2.45, 2.75) is 37.7 Å². The van der Waals surface area contributed by atoms with E-state index in [2.05, 4.69) is 44.5 Å². The van der Waals surface area contributed by atoms with Gasteiger partial charge in [-0.2, -0.15) is 13.2 Å². The number of fused-ring (bicyclic) bond motifs is 1. The Morgan fingerprint density at radius 2 is 1.74 bits per heavy atom. The van der Waals surface area contributed by atoms with Crippen LogP contribution in [0.1, 0.15) is 23.1 Å². The first-order chi connectivity index (χ1) is 16.4. The van der Waals surface area contributed by atoms with Crippen molar-refractivity contribution in [3.8, 4) is 0 Å². The summed E-state index contributed by atoms with van der Waals surface area (Å²) >= 11 is 0. The highest BCUT2D eigenvalue weighted by atomic mass is 19.4. The predicted molar refractivity (Wildman–Crippen MR) is 124 cm³/mol. The molecule has 3 heterocycles. The molecule has 1 unspecified atom stereocenters. The number of nitrogens with zero attached hydrogens (tertiary/aromatic N) is 4. The minimum atomic E-state index is -4.47. The van der Waals surface area contributed by atoms with Gasteiger partial charge in [0.2, 0.25) is 0 Å². The highest BCUT2D eigenvalue weighted by Gasteiger charge is 2.35. The van der Waals surface area contributed by atoms with Crippen LogP contribution in [0.3, 0.4) is 0 Å². The van der Waals surface area contributed by atoms with Gasteiger partial charge in [-0.1, -0.05) is 36.4 Å². The quantitative estimate of drug-likeness (QED) is 0.596. The lowest BCUT2D eigenvalue weighted by molar-refractivity contribution is -0.136. The SMILES string of the molecule is O[C@H]1CN(c2cc(Nc3ccccc3C(F)(F)F)ncn2)CCC1N1CCc2ccccc2C1. The van der Waals surface area contributed by atoms with Gasteiger partial charge in [0.1, 0.15) is 18.0 Å². The van der Waals surface area contributed by atoms with Gasteiger partial charge in [0.25, 0.3) is 0 Å². The van der Waals surface area contributed by atoms with E-state index in [0.29, 0.717) is 18.9 Å². The van der Waals surface area contributed by atoms with Gasteiger partial charge < -0.3 is 15.3 Å². The number of aromatic nitrogens is 2. The van der Waals surface area contributed by atoms with Gasteiger partial charge in [-0.15, -0.1) is 0 Å². The Bertz CT molecular complexity index is 1160. The summed E-state index contributed by atoms with van der Waals surface area (Å²) in [5, 5.41) is 13.7. The van der Waals surface area contributed by atoms with Gasteiger partial charge in [0.15, 0.2) is 0 Å². The maximum Gasteiger partial charge on any atom is 0.418 e. The van der Waals surface area contributed by atoms with Gasteiger partial charge in [0, 0.05) is 38.3 Å². The Hall–Kier alpha value is -3.17. The molecule has 0 spiro atoms. The molecule has 0 radical (unpaired) electrons. The molecule has 2 N–H and O–H groups in total. The van der Waals surface area contributed by atoms with Gasteiger partial charge in [-0.05, 0) is 36.1 Å². The Labute approximate surface area is 196 Å². The van der Waals surface area contributed by atoms with Crippen molar-refractivity contribution < 1.29 is 18.3 Å². The summed E-state index contributed by atoms with van der Waals surface area (Å²) in [7, 11) is 0. The number of piperidine rings is 1. The maximum absolute atomic E-state index is 13.3. The molecule has 0 aliphatic carbocycles. The number of hydrogen-bond donors (Lipinski definition) is 2. The predicted octanol–water partition coefficient (Wildman–Crippen LogP) is 4.24. The largest absolute Gasteiger partial charge is 0.418 e. The normalized spacial score (nSPS) is 21.2. The summed E-state index contributed by atoms with van der Waals surface area (Å²) in [5.74, 6) is 0.842. The lowest BCUT2D eigenvalue weighted by atomic mass is 9.94. The van der Waals surface area contributed by atoms with Crippen LogP contribution in [0.2, 0.25) is 0 Å². The second-order valence-electron chi connectivity index (χ2n) is 8.79. The number of para-hydroxylation sites is 1. The van der Waals surface area contributed by atoms with Crippen molar-refractivity contribution in [3.05, 3.63) is 77.6 Å². The van der Waals surface area contributed by atoms with E-state index < -0.39 is 17.8 Å². The van der Waals surface area contributed by atoms with Crippen molar-refractivity contribution >= 4 is 17.3 Å². The van der Waals surface area contributed by atoms with Crippen molar-refractivity contribution in [2.75, 3.05) is 29.9 Å². The first kappa shape index (κ1) is 22.6. The zero-order valence-corrected chi connectivity index (χ0v) is 18.5. The Morgan fingerprint density at radius 1 is 0.971 bits per heavy atom. The lowest BCUT2D eigenvalue weighted by Crippen LogP contribution is -2.55. The third-order valence-corrected chi connectivity index (χ3v) is 6.65. The zero-order valence-electron chi connectivity index (χ0n) is 18.5. The lowest BCUT2D eigenvalue weighted by Gasteiger charge is -2.43. The van der Waals surface area contributed by atoms with Crippen LogP contribution in [0, 0.1) is 0 Å². The van der Waals surface area contributed by atoms with Gasteiger partial charge in [-0.25, -0.2) is 9.97 Å². The molecule has 34 heavy (non-hydrogen) atoms. The first-order valence-corrected chi connectivity index (χ1v) is 11.4. The minimum absolute atomic E-state index is 0.0581. The molecule has 0 amide bonds. The molecule has 2 aliphatic heterocycles. The topological polar surface area (TPSA) is 64.5 Å². The highest BCUT2D eigenvalue weighted by molar-refractivity contribution is 5.63.